The van der Waals surface area contributed by atoms with Crippen LogP contribution in [0.3, 0.4) is 0 Å². The third-order valence-corrected chi connectivity index (χ3v) is 3.17. The summed E-state index contributed by atoms with van der Waals surface area (Å²) in [7, 11) is 1.65. The highest BCUT2D eigenvalue weighted by molar-refractivity contribution is 5.94. The van der Waals surface area contributed by atoms with Crippen molar-refractivity contribution in [1.29, 1.82) is 0 Å². The van der Waals surface area contributed by atoms with Gasteiger partial charge >= 0.3 is 0 Å². The van der Waals surface area contributed by atoms with Crippen LogP contribution in [0.5, 0.6) is 0 Å². The summed E-state index contributed by atoms with van der Waals surface area (Å²) >= 11 is 0. The van der Waals surface area contributed by atoms with Gasteiger partial charge in [0.25, 0.3) is 5.91 Å². The number of morpholine rings is 1. The van der Waals surface area contributed by atoms with Crippen molar-refractivity contribution in [3.63, 3.8) is 0 Å². The van der Waals surface area contributed by atoms with Crippen molar-refractivity contribution in [3.8, 4) is 0 Å². The predicted octanol–water partition coefficient (Wildman–Crippen LogP) is 0.684. The number of amides is 1. The Balaban J connectivity index is 1.92. The van der Waals surface area contributed by atoms with Gasteiger partial charge in [0.05, 0.1) is 30.7 Å². The van der Waals surface area contributed by atoms with Gasteiger partial charge in [-0.05, 0) is 12.5 Å². The third-order valence-electron chi connectivity index (χ3n) is 3.17. The Hall–Kier alpha value is -1.66. The molecule has 1 amide bonds. The van der Waals surface area contributed by atoms with Crippen LogP contribution in [-0.2, 0) is 9.47 Å². The van der Waals surface area contributed by atoms with Gasteiger partial charge in [-0.3, -0.25) is 9.78 Å². The topological polar surface area (TPSA) is 63.7 Å². The van der Waals surface area contributed by atoms with Crippen LogP contribution in [0.1, 0.15) is 16.8 Å². The lowest BCUT2D eigenvalue weighted by Gasteiger charge is -2.28. The Morgan fingerprint density at radius 3 is 3.00 bits per heavy atom. The lowest BCUT2D eigenvalue weighted by Crippen LogP contribution is -2.36. The highest BCUT2D eigenvalue weighted by atomic mass is 16.5. The van der Waals surface area contributed by atoms with Crippen molar-refractivity contribution in [2.45, 2.75) is 6.42 Å². The van der Waals surface area contributed by atoms with Gasteiger partial charge in [-0.15, -0.1) is 0 Å². The molecule has 110 valence electrons. The Morgan fingerprint density at radius 1 is 1.45 bits per heavy atom. The average Bonchev–Trinajstić information content (AvgIpc) is 2.52. The van der Waals surface area contributed by atoms with E-state index in [9.17, 15) is 4.79 Å². The predicted molar refractivity (Wildman–Crippen MR) is 76.1 cm³/mol. The van der Waals surface area contributed by atoms with Crippen LogP contribution in [0.15, 0.2) is 18.5 Å². The first-order valence-corrected chi connectivity index (χ1v) is 6.86. The summed E-state index contributed by atoms with van der Waals surface area (Å²) in [4.78, 5) is 18.3. The van der Waals surface area contributed by atoms with E-state index in [0.29, 0.717) is 31.9 Å². The zero-order chi connectivity index (χ0) is 14.2. The number of carbonyl (C=O) groups is 1. The van der Waals surface area contributed by atoms with Crippen molar-refractivity contribution >= 4 is 11.6 Å². The standard InChI is InChI=1S/C14H21N3O3/c1-19-6-2-3-16-14(18)12-9-13(11-15-10-12)17-4-7-20-8-5-17/h9-11H,2-8H2,1H3,(H,16,18). The number of nitrogens with one attached hydrogen (secondary N) is 1. The summed E-state index contributed by atoms with van der Waals surface area (Å²) in [5.41, 5.74) is 1.56. The molecule has 0 saturated carbocycles. The molecule has 0 spiro atoms. The summed E-state index contributed by atoms with van der Waals surface area (Å²) in [6.07, 6.45) is 4.18. The first kappa shape index (κ1) is 14.7. The highest BCUT2D eigenvalue weighted by Gasteiger charge is 2.13. The number of carbonyl (C=O) groups excluding carboxylic acids is 1. The quantitative estimate of drug-likeness (QED) is 0.776. The maximum Gasteiger partial charge on any atom is 0.252 e. The zero-order valence-corrected chi connectivity index (χ0v) is 11.8. The van der Waals surface area contributed by atoms with E-state index in [1.807, 2.05) is 6.07 Å². The van der Waals surface area contributed by atoms with Gasteiger partial charge in [0, 0.05) is 39.5 Å². The zero-order valence-electron chi connectivity index (χ0n) is 11.8. The molecule has 1 aliphatic rings. The molecule has 20 heavy (non-hydrogen) atoms. The molecule has 0 aromatic carbocycles. The second-order valence-electron chi connectivity index (χ2n) is 4.63. The molecular weight excluding hydrogens is 258 g/mol. The van der Waals surface area contributed by atoms with Crippen LogP contribution in [-0.4, -0.2) is 57.5 Å². The lowest BCUT2D eigenvalue weighted by molar-refractivity contribution is 0.0948. The number of ether oxygens (including phenoxy) is 2. The number of anilines is 1. The summed E-state index contributed by atoms with van der Waals surface area (Å²) in [6, 6.07) is 1.88. The Bertz CT molecular complexity index is 433. The van der Waals surface area contributed by atoms with Crippen LogP contribution >= 0.6 is 0 Å². The van der Waals surface area contributed by atoms with Crippen LogP contribution in [0.4, 0.5) is 5.69 Å². The highest BCUT2D eigenvalue weighted by Crippen LogP contribution is 2.15. The number of rotatable bonds is 6. The smallest absolute Gasteiger partial charge is 0.252 e. The van der Waals surface area contributed by atoms with Crippen LogP contribution in [0, 0.1) is 0 Å². The molecule has 1 aliphatic heterocycles. The van der Waals surface area contributed by atoms with Crippen LogP contribution in [0.25, 0.3) is 0 Å². The molecule has 1 fully saturated rings. The number of hydrogen-bond donors (Lipinski definition) is 1. The van der Waals surface area contributed by atoms with Crippen molar-refractivity contribution < 1.29 is 14.3 Å². The number of pyridine rings is 1. The van der Waals surface area contributed by atoms with E-state index >= 15 is 0 Å². The second kappa shape index (κ2) is 7.81. The number of aromatic nitrogens is 1. The van der Waals surface area contributed by atoms with Gasteiger partial charge in [-0.25, -0.2) is 0 Å². The number of hydrogen-bond acceptors (Lipinski definition) is 5. The van der Waals surface area contributed by atoms with E-state index in [0.717, 1.165) is 25.2 Å². The fraction of sp³-hybridized carbons (Fsp3) is 0.571. The van der Waals surface area contributed by atoms with Gasteiger partial charge < -0.3 is 19.7 Å². The first-order chi connectivity index (χ1) is 9.81. The van der Waals surface area contributed by atoms with E-state index in [-0.39, 0.29) is 5.91 Å². The van der Waals surface area contributed by atoms with Gasteiger partial charge in [0.2, 0.25) is 0 Å². The molecule has 2 rings (SSSR count). The number of methoxy groups -OCH3 is 1. The molecule has 1 aromatic heterocycles. The average molecular weight is 279 g/mol. The van der Waals surface area contributed by atoms with E-state index in [1.165, 1.54) is 0 Å². The van der Waals surface area contributed by atoms with Gasteiger partial charge in [0.1, 0.15) is 0 Å². The molecule has 1 N–H and O–H groups in total. The lowest BCUT2D eigenvalue weighted by atomic mass is 10.2. The van der Waals surface area contributed by atoms with Crippen LogP contribution < -0.4 is 10.2 Å². The molecule has 0 bridgehead atoms. The summed E-state index contributed by atoms with van der Waals surface area (Å²) in [5.74, 6) is -0.0938. The SMILES string of the molecule is COCCCNC(=O)c1cncc(N2CCOCC2)c1. The molecule has 1 aromatic rings. The van der Waals surface area contributed by atoms with Crippen LogP contribution in [0.2, 0.25) is 0 Å². The first-order valence-electron chi connectivity index (χ1n) is 6.86. The van der Waals surface area contributed by atoms with E-state index in [4.69, 9.17) is 9.47 Å². The molecular formula is C14H21N3O3. The third kappa shape index (κ3) is 4.18. The minimum absolute atomic E-state index is 0.0938. The Labute approximate surface area is 119 Å². The molecule has 1 saturated heterocycles. The molecule has 2 heterocycles. The molecule has 6 heteroatoms. The molecule has 0 radical (unpaired) electrons. The fourth-order valence-electron chi connectivity index (χ4n) is 2.07. The molecule has 0 aliphatic carbocycles. The maximum absolute atomic E-state index is 12.0. The summed E-state index contributed by atoms with van der Waals surface area (Å²) in [5, 5.41) is 2.86. The molecule has 0 unspecified atom stereocenters. The maximum atomic E-state index is 12.0. The monoisotopic (exact) mass is 279 g/mol. The second-order valence-corrected chi connectivity index (χ2v) is 4.63. The van der Waals surface area contributed by atoms with Crippen molar-refractivity contribution in [2.75, 3.05) is 51.5 Å². The summed E-state index contributed by atoms with van der Waals surface area (Å²) in [6.45, 7) is 4.35. The fourth-order valence-corrected chi connectivity index (χ4v) is 2.07. The van der Waals surface area contributed by atoms with Crippen molar-refractivity contribution in [3.05, 3.63) is 24.0 Å². The van der Waals surface area contributed by atoms with Gasteiger partial charge in [0.15, 0.2) is 0 Å². The van der Waals surface area contributed by atoms with Crippen molar-refractivity contribution in [1.82, 2.24) is 10.3 Å². The Morgan fingerprint density at radius 2 is 2.25 bits per heavy atom. The minimum atomic E-state index is -0.0938. The largest absolute Gasteiger partial charge is 0.385 e. The van der Waals surface area contributed by atoms with Gasteiger partial charge in [-0.1, -0.05) is 0 Å². The van der Waals surface area contributed by atoms with E-state index in [2.05, 4.69) is 15.2 Å². The van der Waals surface area contributed by atoms with Crippen molar-refractivity contribution in [2.24, 2.45) is 0 Å². The minimum Gasteiger partial charge on any atom is -0.385 e. The number of nitrogens with zero attached hydrogens (tertiary/aromatic N) is 2. The van der Waals surface area contributed by atoms with E-state index < -0.39 is 0 Å². The molecule has 0 atom stereocenters. The normalized spacial score (nSPS) is 15.2. The van der Waals surface area contributed by atoms with E-state index in [1.54, 1.807) is 19.5 Å². The Kier molecular flexibility index (Phi) is 5.76. The molecule has 6 nitrogen and oxygen atoms in total. The van der Waals surface area contributed by atoms with Gasteiger partial charge in [-0.2, -0.15) is 0 Å². The summed E-state index contributed by atoms with van der Waals surface area (Å²) < 4.78 is 10.3.